The molecule has 0 spiro atoms. The normalized spacial score (nSPS) is 11.5. The van der Waals surface area contributed by atoms with Crippen molar-refractivity contribution in [3.8, 4) is 22.6 Å². The van der Waals surface area contributed by atoms with E-state index in [9.17, 15) is 0 Å². The Balaban J connectivity index is 1.82. The first kappa shape index (κ1) is 12.3. The summed E-state index contributed by atoms with van der Waals surface area (Å²) in [6.07, 6.45) is 3.83. The third-order valence-electron chi connectivity index (χ3n) is 4.31. The Bertz CT molecular complexity index is 1080. The fourth-order valence-electron chi connectivity index (χ4n) is 3.24. The number of nitrogens with zero attached hydrogens (tertiary/aromatic N) is 1. The molecule has 2 aromatic carbocycles. The molecule has 5 aromatic rings. The molecular formula is C19H14N4. The van der Waals surface area contributed by atoms with Crippen LogP contribution in [-0.2, 0) is 0 Å². The molecule has 0 saturated heterocycles. The summed E-state index contributed by atoms with van der Waals surface area (Å²) in [7, 11) is 0. The van der Waals surface area contributed by atoms with Gasteiger partial charge in [0.05, 0.1) is 17.1 Å². The summed E-state index contributed by atoms with van der Waals surface area (Å²) >= 11 is 0. The van der Waals surface area contributed by atoms with Gasteiger partial charge >= 0.3 is 0 Å². The van der Waals surface area contributed by atoms with Crippen LogP contribution in [0.15, 0.2) is 67.0 Å². The Morgan fingerprint density at radius 1 is 0.826 bits per heavy atom. The number of fused-ring (bicyclic) bond motifs is 2. The predicted octanol–water partition coefficient (Wildman–Crippen LogP) is 4.71. The van der Waals surface area contributed by atoms with Gasteiger partial charge in [-0.1, -0.05) is 36.4 Å². The number of aromatic nitrogens is 4. The van der Waals surface area contributed by atoms with Crippen LogP contribution >= 0.6 is 0 Å². The Labute approximate surface area is 132 Å². The van der Waals surface area contributed by atoms with Crippen LogP contribution in [0.4, 0.5) is 0 Å². The average molecular weight is 298 g/mol. The van der Waals surface area contributed by atoms with Gasteiger partial charge in [-0.15, -0.1) is 0 Å². The predicted molar refractivity (Wildman–Crippen MR) is 93.2 cm³/mol. The molecule has 0 bridgehead atoms. The van der Waals surface area contributed by atoms with Crippen molar-refractivity contribution in [2.75, 3.05) is 0 Å². The van der Waals surface area contributed by atoms with Gasteiger partial charge in [-0.25, -0.2) is 0 Å². The lowest BCUT2D eigenvalue weighted by Crippen LogP contribution is -1.83. The summed E-state index contributed by atoms with van der Waals surface area (Å²) < 4.78 is 0. The monoisotopic (exact) mass is 298 g/mol. The molecule has 4 nitrogen and oxygen atoms in total. The van der Waals surface area contributed by atoms with Gasteiger partial charge in [-0.2, -0.15) is 5.10 Å². The Hall–Kier alpha value is -3.27. The molecule has 23 heavy (non-hydrogen) atoms. The lowest BCUT2D eigenvalue weighted by molar-refractivity contribution is 1.10. The largest absolute Gasteiger partial charge is 0.359 e. The number of benzene rings is 2. The highest BCUT2D eigenvalue weighted by Crippen LogP contribution is 2.35. The van der Waals surface area contributed by atoms with Crippen LogP contribution in [0.3, 0.4) is 0 Å². The maximum atomic E-state index is 4.08. The fraction of sp³-hybridized carbons (Fsp3) is 0. The van der Waals surface area contributed by atoms with Crippen LogP contribution in [0.25, 0.3) is 44.3 Å². The number of H-pyrrole nitrogens is 3. The van der Waals surface area contributed by atoms with Crippen LogP contribution < -0.4 is 0 Å². The zero-order valence-electron chi connectivity index (χ0n) is 12.3. The third-order valence-corrected chi connectivity index (χ3v) is 4.31. The molecule has 0 aliphatic rings. The summed E-state index contributed by atoms with van der Waals surface area (Å²) in [6.45, 7) is 0. The minimum atomic E-state index is 1.02. The SMILES string of the molecule is c1ccc2[nH]c(-c3[nH]cc4cccc(-c5ccn[nH]5)c34)cc2c1. The molecule has 4 heteroatoms. The van der Waals surface area contributed by atoms with Crippen molar-refractivity contribution in [1.29, 1.82) is 0 Å². The van der Waals surface area contributed by atoms with E-state index in [2.05, 4.69) is 68.8 Å². The molecule has 0 amide bonds. The van der Waals surface area contributed by atoms with Crippen molar-refractivity contribution in [2.24, 2.45) is 0 Å². The zero-order valence-corrected chi connectivity index (χ0v) is 12.3. The van der Waals surface area contributed by atoms with Crippen molar-refractivity contribution < 1.29 is 0 Å². The van der Waals surface area contributed by atoms with Crippen LogP contribution in [0.1, 0.15) is 0 Å². The Morgan fingerprint density at radius 3 is 2.61 bits per heavy atom. The molecule has 3 heterocycles. The number of aromatic amines is 3. The molecule has 3 aromatic heterocycles. The maximum Gasteiger partial charge on any atom is 0.0706 e. The van der Waals surface area contributed by atoms with E-state index in [1.54, 1.807) is 6.20 Å². The van der Waals surface area contributed by atoms with Crippen molar-refractivity contribution in [3.05, 3.63) is 67.0 Å². The molecule has 0 aliphatic heterocycles. The van der Waals surface area contributed by atoms with Crippen LogP contribution in [0, 0.1) is 0 Å². The van der Waals surface area contributed by atoms with Crippen LogP contribution in [-0.4, -0.2) is 20.2 Å². The maximum absolute atomic E-state index is 4.08. The van der Waals surface area contributed by atoms with Gasteiger partial charge in [0.15, 0.2) is 0 Å². The summed E-state index contributed by atoms with van der Waals surface area (Å²) in [5.41, 5.74) is 5.50. The second-order valence-electron chi connectivity index (χ2n) is 5.67. The first-order valence-electron chi connectivity index (χ1n) is 7.58. The van der Waals surface area contributed by atoms with E-state index in [-0.39, 0.29) is 0 Å². The van der Waals surface area contributed by atoms with E-state index in [1.165, 1.54) is 16.2 Å². The van der Waals surface area contributed by atoms with Crippen molar-refractivity contribution in [1.82, 2.24) is 20.2 Å². The number of rotatable bonds is 2. The second kappa shape index (κ2) is 4.61. The highest BCUT2D eigenvalue weighted by atomic mass is 15.1. The van der Waals surface area contributed by atoms with Crippen molar-refractivity contribution in [3.63, 3.8) is 0 Å². The topological polar surface area (TPSA) is 60.3 Å². The number of hydrogen-bond donors (Lipinski definition) is 3. The molecule has 0 saturated carbocycles. The first-order chi connectivity index (χ1) is 11.4. The standard InChI is InChI=1S/C19H14N4/c1-2-7-15-12(4-1)10-17(22-15)19-18-13(11-20-19)5-3-6-14(18)16-8-9-21-23-16/h1-11,20,22H,(H,21,23). The Kier molecular flexibility index (Phi) is 2.46. The number of para-hydroxylation sites is 1. The summed E-state index contributed by atoms with van der Waals surface area (Å²) in [6, 6.07) is 18.8. The summed E-state index contributed by atoms with van der Waals surface area (Å²) in [4.78, 5) is 6.93. The quantitative estimate of drug-likeness (QED) is 0.434. The average Bonchev–Trinajstić information content (AvgIpc) is 3.32. The van der Waals surface area contributed by atoms with Gasteiger partial charge < -0.3 is 9.97 Å². The van der Waals surface area contributed by atoms with E-state index >= 15 is 0 Å². The minimum absolute atomic E-state index is 1.02. The van der Waals surface area contributed by atoms with Gasteiger partial charge in [0.1, 0.15) is 0 Å². The lowest BCUT2D eigenvalue weighted by atomic mass is 10.0. The van der Waals surface area contributed by atoms with Gasteiger partial charge in [-0.05, 0) is 18.2 Å². The first-order valence-corrected chi connectivity index (χ1v) is 7.58. The fourth-order valence-corrected chi connectivity index (χ4v) is 3.24. The summed E-state index contributed by atoms with van der Waals surface area (Å²) in [5, 5.41) is 10.7. The molecule has 0 radical (unpaired) electrons. The van der Waals surface area contributed by atoms with Gasteiger partial charge in [0.25, 0.3) is 0 Å². The van der Waals surface area contributed by atoms with Crippen molar-refractivity contribution in [2.45, 2.75) is 0 Å². The lowest BCUT2D eigenvalue weighted by Gasteiger charge is -2.03. The van der Waals surface area contributed by atoms with Crippen molar-refractivity contribution >= 4 is 21.7 Å². The molecule has 5 rings (SSSR count). The molecule has 3 N–H and O–H groups in total. The van der Waals surface area contributed by atoms with E-state index in [1.807, 2.05) is 12.1 Å². The Morgan fingerprint density at radius 2 is 1.74 bits per heavy atom. The molecule has 110 valence electrons. The van der Waals surface area contributed by atoms with E-state index in [4.69, 9.17) is 0 Å². The molecule has 0 fully saturated rings. The number of hydrogen-bond acceptors (Lipinski definition) is 1. The van der Waals surface area contributed by atoms with Gasteiger partial charge in [0, 0.05) is 39.6 Å². The zero-order chi connectivity index (χ0) is 15.2. The van der Waals surface area contributed by atoms with Gasteiger partial charge in [-0.3, -0.25) is 5.10 Å². The summed E-state index contributed by atoms with van der Waals surface area (Å²) in [5.74, 6) is 0. The second-order valence-corrected chi connectivity index (χ2v) is 5.67. The van der Waals surface area contributed by atoms with E-state index in [0.29, 0.717) is 0 Å². The molecular weight excluding hydrogens is 284 g/mol. The van der Waals surface area contributed by atoms with Crippen LogP contribution in [0.5, 0.6) is 0 Å². The third kappa shape index (κ3) is 1.82. The smallest absolute Gasteiger partial charge is 0.0706 e. The highest BCUT2D eigenvalue weighted by molar-refractivity contribution is 6.05. The molecule has 0 atom stereocenters. The van der Waals surface area contributed by atoms with E-state index in [0.717, 1.165) is 28.2 Å². The molecule has 0 unspecified atom stereocenters. The van der Waals surface area contributed by atoms with Gasteiger partial charge in [0.2, 0.25) is 0 Å². The van der Waals surface area contributed by atoms with E-state index < -0.39 is 0 Å². The highest BCUT2D eigenvalue weighted by Gasteiger charge is 2.14. The minimum Gasteiger partial charge on any atom is -0.359 e. The number of nitrogens with one attached hydrogen (secondary N) is 3. The van der Waals surface area contributed by atoms with Crippen LogP contribution in [0.2, 0.25) is 0 Å². The molecule has 0 aliphatic carbocycles.